The van der Waals surface area contributed by atoms with Crippen LogP contribution in [0.5, 0.6) is 0 Å². The monoisotopic (exact) mass is 272 g/mol. The fourth-order valence-corrected chi connectivity index (χ4v) is 1.96. The van der Waals surface area contributed by atoms with Gasteiger partial charge < -0.3 is 15.1 Å². The van der Waals surface area contributed by atoms with Crippen molar-refractivity contribution in [1.29, 1.82) is 0 Å². The van der Waals surface area contributed by atoms with Gasteiger partial charge in [0.15, 0.2) is 5.65 Å². The second kappa shape index (κ2) is 5.20. The number of aryl methyl sites for hydroxylation is 1. The number of H-pyrrole nitrogens is 1. The molecule has 0 saturated heterocycles. The molecule has 0 aliphatic carbocycles. The maximum atomic E-state index is 5.53. The summed E-state index contributed by atoms with van der Waals surface area (Å²) in [6, 6.07) is 3.88. The largest absolute Gasteiger partial charge is 0.465 e. The molecule has 3 N–H and O–H groups in total. The van der Waals surface area contributed by atoms with E-state index in [1.165, 1.54) is 0 Å². The van der Waals surface area contributed by atoms with Crippen LogP contribution in [0.4, 0.5) is 11.8 Å². The van der Waals surface area contributed by atoms with Crippen LogP contribution in [0.2, 0.25) is 0 Å². The van der Waals surface area contributed by atoms with Gasteiger partial charge in [0.2, 0.25) is 5.95 Å². The van der Waals surface area contributed by atoms with E-state index in [4.69, 9.17) is 4.42 Å². The van der Waals surface area contributed by atoms with Crippen molar-refractivity contribution in [1.82, 2.24) is 20.2 Å². The van der Waals surface area contributed by atoms with Gasteiger partial charge in [0.25, 0.3) is 0 Å². The predicted molar refractivity (Wildman–Crippen MR) is 76.6 cm³/mol. The van der Waals surface area contributed by atoms with Crippen LogP contribution >= 0.6 is 0 Å². The molecule has 7 heteroatoms. The van der Waals surface area contributed by atoms with Gasteiger partial charge >= 0.3 is 0 Å². The molecular formula is C13H16N6O. The highest BCUT2D eigenvalue weighted by Gasteiger charge is 2.09. The molecular weight excluding hydrogens is 256 g/mol. The fraction of sp³-hybridized carbons (Fsp3) is 0.308. The average molecular weight is 272 g/mol. The highest BCUT2D eigenvalue weighted by Crippen LogP contribution is 2.20. The second-order valence-corrected chi connectivity index (χ2v) is 4.42. The molecule has 0 aliphatic rings. The van der Waals surface area contributed by atoms with Gasteiger partial charge in [-0.15, -0.1) is 0 Å². The van der Waals surface area contributed by atoms with E-state index >= 15 is 0 Å². The number of hydrogen-bond acceptors (Lipinski definition) is 6. The van der Waals surface area contributed by atoms with Crippen molar-refractivity contribution in [3.8, 4) is 0 Å². The van der Waals surface area contributed by atoms with E-state index in [2.05, 4.69) is 30.8 Å². The number of furan rings is 1. The number of hydrogen-bond donors (Lipinski definition) is 3. The highest BCUT2D eigenvalue weighted by molar-refractivity contribution is 5.86. The summed E-state index contributed by atoms with van der Waals surface area (Å²) >= 11 is 0. The first-order valence-electron chi connectivity index (χ1n) is 6.50. The number of aromatic amines is 1. The number of anilines is 2. The van der Waals surface area contributed by atoms with E-state index in [-0.39, 0.29) is 0 Å². The first-order valence-corrected chi connectivity index (χ1v) is 6.50. The van der Waals surface area contributed by atoms with Gasteiger partial charge in [0.1, 0.15) is 17.3 Å². The van der Waals surface area contributed by atoms with Gasteiger partial charge in [0.05, 0.1) is 18.1 Å². The Morgan fingerprint density at radius 3 is 2.90 bits per heavy atom. The first kappa shape index (κ1) is 12.5. The Morgan fingerprint density at radius 1 is 1.25 bits per heavy atom. The molecule has 0 spiro atoms. The fourth-order valence-electron chi connectivity index (χ4n) is 1.96. The lowest BCUT2D eigenvalue weighted by molar-refractivity contribution is 0.490. The zero-order valence-electron chi connectivity index (χ0n) is 11.4. The Labute approximate surface area is 115 Å². The van der Waals surface area contributed by atoms with E-state index in [1.54, 1.807) is 6.20 Å². The van der Waals surface area contributed by atoms with Crippen molar-refractivity contribution < 1.29 is 4.42 Å². The van der Waals surface area contributed by atoms with Crippen LogP contribution in [0, 0.1) is 6.92 Å². The number of aromatic nitrogens is 4. The minimum absolute atomic E-state index is 0.566. The molecule has 0 atom stereocenters. The molecule has 7 nitrogen and oxygen atoms in total. The lowest BCUT2D eigenvalue weighted by Crippen LogP contribution is -2.06. The van der Waals surface area contributed by atoms with Crippen LogP contribution in [0.25, 0.3) is 11.0 Å². The van der Waals surface area contributed by atoms with E-state index in [0.29, 0.717) is 18.1 Å². The summed E-state index contributed by atoms with van der Waals surface area (Å²) in [5.74, 6) is 3.06. The van der Waals surface area contributed by atoms with Gasteiger partial charge in [-0.1, -0.05) is 0 Å². The molecule has 0 fully saturated rings. The molecule has 3 aromatic heterocycles. The maximum Gasteiger partial charge on any atom is 0.226 e. The standard InChI is InChI=1S/C13H16N6O/c1-3-14-13-17-11(10-7-16-19-12(10)18-13)15-6-9-5-4-8(2)20-9/h4-5,7H,3,6H2,1-2H3,(H3,14,15,16,17,18,19). The van der Waals surface area contributed by atoms with E-state index in [0.717, 1.165) is 29.3 Å². The predicted octanol–water partition coefficient (Wildman–Crippen LogP) is 2.30. The Bertz CT molecular complexity index is 717. The van der Waals surface area contributed by atoms with Gasteiger partial charge in [-0.05, 0) is 26.0 Å². The highest BCUT2D eigenvalue weighted by atomic mass is 16.3. The SMILES string of the molecule is CCNc1nc(NCc2ccc(C)o2)c2cn[nH]c2n1. The molecule has 0 aliphatic heterocycles. The molecule has 0 saturated carbocycles. The number of fused-ring (bicyclic) bond motifs is 1. The van der Waals surface area contributed by atoms with Crippen molar-refractivity contribution in [3.05, 3.63) is 29.9 Å². The topological polar surface area (TPSA) is 91.7 Å². The first-order chi connectivity index (χ1) is 9.76. The van der Waals surface area contributed by atoms with Crippen LogP contribution in [0.15, 0.2) is 22.7 Å². The summed E-state index contributed by atoms with van der Waals surface area (Å²) in [6.45, 7) is 5.25. The molecule has 3 aromatic rings. The second-order valence-electron chi connectivity index (χ2n) is 4.42. The van der Waals surface area contributed by atoms with Gasteiger partial charge in [-0.25, -0.2) is 0 Å². The lowest BCUT2D eigenvalue weighted by atomic mass is 10.3. The van der Waals surface area contributed by atoms with E-state index < -0.39 is 0 Å². The smallest absolute Gasteiger partial charge is 0.226 e. The summed E-state index contributed by atoms with van der Waals surface area (Å²) in [7, 11) is 0. The third-order valence-electron chi connectivity index (χ3n) is 2.87. The maximum absolute atomic E-state index is 5.53. The van der Waals surface area contributed by atoms with Crippen molar-refractivity contribution in [2.45, 2.75) is 20.4 Å². The van der Waals surface area contributed by atoms with Crippen LogP contribution in [0.3, 0.4) is 0 Å². The quantitative estimate of drug-likeness (QED) is 0.660. The van der Waals surface area contributed by atoms with Crippen molar-refractivity contribution >= 4 is 22.8 Å². The summed E-state index contributed by atoms with van der Waals surface area (Å²) in [6.07, 6.45) is 1.71. The molecule has 104 valence electrons. The molecule has 0 bridgehead atoms. The molecule has 3 heterocycles. The summed E-state index contributed by atoms with van der Waals surface area (Å²) in [5.41, 5.74) is 0.703. The molecule has 0 radical (unpaired) electrons. The van der Waals surface area contributed by atoms with Gasteiger partial charge in [-0.2, -0.15) is 15.1 Å². The molecule has 3 rings (SSSR count). The van der Waals surface area contributed by atoms with Crippen molar-refractivity contribution in [2.24, 2.45) is 0 Å². The third kappa shape index (κ3) is 2.42. The number of nitrogens with one attached hydrogen (secondary N) is 3. The summed E-state index contributed by atoms with van der Waals surface area (Å²) < 4.78 is 5.53. The van der Waals surface area contributed by atoms with Crippen LogP contribution < -0.4 is 10.6 Å². The summed E-state index contributed by atoms with van der Waals surface area (Å²) in [4.78, 5) is 8.79. The van der Waals surface area contributed by atoms with Crippen molar-refractivity contribution in [3.63, 3.8) is 0 Å². The minimum Gasteiger partial charge on any atom is -0.465 e. The van der Waals surface area contributed by atoms with Gasteiger partial charge in [-0.3, -0.25) is 5.10 Å². The molecule has 20 heavy (non-hydrogen) atoms. The zero-order chi connectivity index (χ0) is 13.9. The Hall–Kier alpha value is -2.57. The van der Waals surface area contributed by atoms with Crippen LogP contribution in [0.1, 0.15) is 18.4 Å². The molecule has 0 unspecified atom stereocenters. The van der Waals surface area contributed by atoms with Crippen molar-refractivity contribution in [2.75, 3.05) is 17.2 Å². The average Bonchev–Trinajstić information content (AvgIpc) is 3.05. The Balaban J connectivity index is 1.87. The third-order valence-corrected chi connectivity index (χ3v) is 2.87. The van der Waals surface area contributed by atoms with E-state index in [1.807, 2.05) is 26.0 Å². The minimum atomic E-state index is 0.566. The number of nitrogens with zero attached hydrogens (tertiary/aromatic N) is 3. The van der Waals surface area contributed by atoms with Crippen LogP contribution in [-0.4, -0.2) is 26.7 Å². The zero-order valence-corrected chi connectivity index (χ0v) is 11.4. The van der Waals surface area contributed by atoms with Crippen LogP contribution in [-0.2, 0) is 6.54 Å². The normalized spacial score (nSPS) is 10.9. The molecule has 0 aromatic carbocycles. The number of rotatable bonds is 5. The Kier molecular flexibility index (Phi) is 3.24. The summed E-state index contributed by atoms with van der Waals surface area (Å²) in [5, 5.41) is 14.1. The van der Waals surface area contributed by atoms with Gasteiger partial charge in [0, 0.05) is 6.54 Å². The lowest BCUT2D eigenvalue weighted by Gasteiger charge is -2.07. The van der Waals surface area contributed by atoms with E-state index in [9.17, 15) is 0 Å². The molecule has 0 amide bonds. The Morgan fingerprint density at radius 2 is 2.15 bits per heavy atom.